The van der Waals surface area contributed by atoms with Gasteiger partial charge in [0.25, 0.3) is 5.91 Å². The van der Waals surface area contributed by atoms with Gasteiger partial charge in [-0.3, -0.25) is 9.48 Å². The van der Waals surface area contributed by atoms with Gasteiger partial charge in [0.05, 0.1) is 12.2 Å². The van der Waals surface area contributed by atoms with Gasteiger partial charge in [-0.15, -0.1) is 0 Å². The predicted octanol–water partition coefficient (Wildman–Crippen LogP) is 1.26. The van der Waals surface area contributed by atoms with E-state index in [0.717, 1.165) is 5.39 Å². The lowest BCUT2D eigenvalue weighted by atomic mass is 10.1. The van der Waals surface area contributed by atoms with E-state index in [9.17, 15) is 9.59 Å². The Balaban J connectivity index is 2.44. The van der Waals surface area contributed by atoms with Gasteiger partial charge in [-0.25, -0.2) is 4.79 Å². The van der Waals surface area contributed by atoms with Crippen molar-refractivity contribution >= 4 is 22.8 Å². The summed E-state index contributed by atoms with van der Waals surface area (Å²) in [5.41, 5.74) is 6.12. The summed E-state index contributed by atoms with van der Waals surface area (Å²) in [4.78, 5) is 23.0. The number of esters is 1. The van der Waals surface area contributed by atoms with Crippen LogP contribution in [0.2, 0.25) is 0 Å². The number of carbonyl (C=O) groups is 2. The van der Waals surface area contributed by atoms with Gasteiger partial charge >= 0.3 is 5.97 Å². The van der Waals surface area contributed by atoms with Gasteiger partial charge in [-0.1, -0.05) is 12.1 Å². The average Bonchev–Trinajstić information content (AvgIpc) is 2.81. The minimum atomic E-state index is -0.548. The summed E-state index contributed by atoms with van der Waals surface area (Å²) in [5.74, 6) is -0.907. The standard InChI is InChI=1S/C13H15N3O3/c1-3-19-13(18)8(2)16-7-9-5-4-6-10(12(14)17)11(9)15-16/h4-8H,3H2,1-2H3,(H2,14,17). The molecule has 1 aromatic heterocycles. The molecule has 0 radical (unpaired) electrons. The summed E-state index contributed by atoms with van der Waals surface area (Å²) >= 11 is 0. The summed E-state index contributed by atoms with van der Waals surface area (Å²) < 4.78 is 6.42. The Kier molecular flexibility index (Phi) is 3.50. The zero-order valence-corrected chi connectivity index (χ0v) is 10.8. The van der Waals surface area contributed by atoms with Gasteiger partial charge in [0.1, 0.15) is 11.6 Å². The Labute approximate surface area is 110 Å². The maximum absolute atomic E-state index is 11.7. The highest BCUT2D eigenvalue weighted by Crippen LogP contribution is 2.19. The van der Waals surface area contributed by atoms with E-state index in [2.05, 4.69) is 5.10 Å². The molecule has 0 saturated heterocycles. The van der Waals surface area contributed by atoms with E-state index in [-0.39, 0.29) is 5.97 Å². The summed E-state index contributed by atoms with van der Waals surface area (Å²) in [5, 5.41) is 5.01. The zero-order chi connectivity index (χ0) is 14.0. The van der Waals surface area contributed by atoms with Crippen LogP contribution < -0.4 is 5.73 Å². The van der Waals surface area contributed by atoms with E-state index >= 15 is 0 Å². The number of aromatic nitrogens is 2. The molecule has 0 bridgehead atoms. The minimum Gasteiger partial charge on any atom is -0.464 e. The number of rotatable bonds is 4. The molecule has 1 atom stereocenters. The van der Waals surface area contributed by atoms with Crippen molar-refractivity contribution in [2.24, 2.45) is 5.73 Å². The number of carbonyl (C=O) groups excluding carboxylic acids is 2. The Morgan fingerprint density at radius 3 is 2.84 bits per heavy atom. The molecule has 2 rings (SSSR count). The lowest BCUT2D eigenvalue weighted by Gasteiger charge is -2.10. The molecule has 0 aliphatic carbocycles. The first kappa shape index (κ1) is 13.1. The van der Waals surface area contributed by atoms with Crippen LogP contribution >= 0.6 is 0 Å². The number of amides is 1. The Bertz CT molecular complexity index is 633. The average molecular weight is 261 g/mol. The van der Waals surface area contributed by atoms with Crippen LogP contribution in [0.4, 0.5) is 0 Å². The SMILES string of the molecule is CCOC(=O)C(C)n1cc2cccc(C(N)=O)c2n1. The van der Waals surface area contributed by atoms with Gasteiger partial charge in [0.2, 0.25) is 0 Å². The van der Waals surface area contributed by atoms with Crippen molar-refractivity contribution in [1.82, 2.24) is 9.78 Å². The number of ether oxygens (including phenoxy) is 1. The molecule has 1 unspecified atom stereocenters. The molecule has 100 valence electrons. The predicted molar refractivity (Wildman–Crippen MR) is 69.6 cm³/mol. The largest absolute Gasteiger partial charge is 0.464 e. The molecule has 19 heavy (non-hydrogen) atoms. The van der Waals surface area contributed by atoms with Crippen molar-refractivity contribution in [2.45, 2.75) is 19.9 Å². The van der Waals surface area contributed by atoms with Crippen molar-refractivity contribution in [1.29, 1.82) is 0 Å². The number of nitrogens with two attached hydrogens (primary N) is 1. The first-order chi connectivity index (χ1) is 9.04. The first-order valence-corrected chi connectivity index (χ1v) is 5.99. The number of fused-ring (bicyclic) bond motifs is 1. The van der Waals surface area contributed by atoms with Crippen LogP contribution in [0.15, 0.2) is 24.4 Å². The molecule has 2 aromatic rings. The summed E-state index contributed by atoms with van der Waals surface area (Å²) in [7, 11) is 0. The molecule has 6 nitrogen and oxygen atoms in total. The molecule has 1 heterocycles. The van der Waals surface area contributed by atoms with Gasteiger partial charge < -0.3 is 10.5 Å². The summed E-state index contributed by atoms with van der Waals surface area (Å²) in [6.45, 7) is 3.75. The monoisotopic (exact) mass is 261 g/mol. The molecule has 0 aliphatic heterocycles. The van der Waals surface area contributed by atoms with Gasteiger partial charge in [-0.05, 0) is 19.9 Å². The van der Waals surface area contributed by atoms with Crippen LogP contribution in [0, 0.1) is 0 Å². The maximum Gasteiger partial charge on any atom is 0.330 e. The fourth-order valence-electron chi connectivity index (χ4n) is 1.83. The third-order valence-corrected chi connectivity index (χ3v) is 2.84. The van der Waals surface area contributed by atoms with Crippen molar-refractivity contribution in [3.63, 3.8) is 0 Å². The van der Waals surface area contributed by atoms with Crippen LogP contribution in [-0.2, 0) is 9.53 Å². The summed E-state index contributed by atoms with van der Waals surface area (Å²) in [6, 6.07) is 4.59. The molecule has 1 amide bonds. The van der Waals surface area contributed by atoms with Gasteiger partial charge in [0, 0.05) is 11.6 Å². The first-order valence-electron chi connectivity index (χ1n) is 5.99. The molecular formula is C13H15N3O3. The van der Waals surface area contributed by atoms with E-state index in [1.807, 2.05) is 6.07 Å². The van der Waals surface area contributed by atoms with Crippen molar-refractivity contribution in [2.75, 3.05) is 6.61 Å². The maximum atomic E-state index is 11.7. The number of hydrogen-bond donors (Lipinski definition) is 1. The quantitative estimate of drug-likeness (QED) is 0.839. The fourth-order valence-corrected chi connectivity index (χ4v) is 1.83. The molecule has 0 saturated carbocycles. The third kappa shape index (κ3) is 2.42. The second kappa shape index (κ2) is 5.09. The second-order valence-electron chi connectivity index (χ2n) is 4.14. The molecule has 6 heteroatoms. The van der Waals surface area contributed by atoms with E-state index in [1.165, 1.54) is 4.68 Å². The van der Waals surface area contributed by atoms with Gasteiger partial charge in [0.15, 0.2) is 0 Å². The van der Waals surface area contributed by atoms with Crippen LogP contribution in [0.25, 0.3) is 10.9 Å². The van der Waals surface area contributed by atoms with Crippen molar-refractivity contribution in [3.05, 3.63) is 30.0 Å². The lowest BCUT2D eigenvalue weighted by molar-refractivity contribution is -0.146. The number of nitrogens with zero attached hydrogens (tertiary/aromatic N) is 2. The van der Waals surface area contributed by atoms with E-state index in [4.69, 9.17) is 10.5 Å². The van der Waals surface area contributed by atoms with Crippen molar-refractivity contribution in [3.8, 4) is 0 Å². The van der Waals surface area contributed by atoms with E-state index in [0.29, 0.717) is 17.7 Å². The highest BCUT2D eigenvalue weighted by atomic mass is 16.5. The Morgan fingerprint density at radius 1 is 1.47 bits per heavy atom. The normalized spacial score (nSPS) is 12.3. The van der Waals surface area contributed by atoms with Crippen molar-refractivity contribution < 1.29 is 14.3 Å². The van der Waals surface area contributed by atoms with Gasteiger partial charge in [-0.2, -0.15) is 5.10 Å². The lowest BCUT2D eigenvalue weighted by Crippen LogP contribution is -2.19. The van der Waals surface area contributed by atoms with E-state index in [1.54, 1.807) is 32.2 Å². The molecule has 1 aromatic carbocycles. The molecule has 0 aliphatic rings. The summed E-state index contributed by atoms with van der Waals surface area (Å²) in [6.07, 6.45) is 1.70. The van der Waals surface area contributed by atoms with Crippen LogP contribution in [0.3, 0.4) is 0 Å². The highest BCUT2D eigenvalue weighted by Gasteiger charge is 2.19. The molecule has 2 N–H and O–H groups in total. The van der Waals surface area contributed by atoms with Crippen LogP contribution in [0.1, 0.15) is 30.2 Å². The minimum absolute atomic E-state index is 0.316. The Morgan fingerprint density at radius 2 is 2.21 bits per heavy atom. The zero-order valence-electron chi connectivity index (χ0n) is 10.8. The molecule has 0 fully saturated rings. The second-order valence-corrected chi connectivity index (χ2v) is 4.14. The number of primary amides is 1. The van der Waals surface area contributed by atoms with Crippen LogP contribution in [-0.4, -0.2) is 28.3 Å². The van der Waals surface area contributed by atoms with Crippen LogP contribution in [0.5, 0.6) is 0 Å². The molecular weight excluding hydrogens is 246 g/mol. The number of hydrogen-bond acceptors (Lipinski definition) is 4. The topological polar surface area (TPSA) is 87.2 Å². The smallest absolute Gasteiger partial charge is 0.330 e. The van der Waals surface area contributed by atoms with E-state index < -0.39 is 11.9 Å². The highest BCUT2D eigenvalue weighted by molar-refractivity contribution is 6.04. The molecule has 0 spiro atoms. The number of benzene rings is 1. The fraction of sp³-hybridized carbons (Fsp3) is 0.308. The third-order valence-electron chi connectivity index (χ3n) is 2.84. The Hall–Kier alpha value is -2.37.